The minimum absolute atomic E-state index is 0.0629. The fourth-order valence-electron chi connectivity index (χ4n) is 1.66. The molecule has 0 aromatic heterocycles. The van der Waals surface area contributed by atoms with E-state index in [0.717, 1.165) is 5.56 Å². The van der Waals surface area contributed by atoms with Crippen LogP contribution in [0, 0.1) is 0 Å². The highest BCUT2D eigenvalue weighted by atomic mass is 35.5. The molecule has 20 heavy (non-hydrogen) atoms. The number of rotatable bonds is 5. The van der Waals surface area contributed by atoms with Crippen molar-refractivity contribution in [3.63, 3.8) is 0 Å². The first kappa shape index (κ1) is 15.3. The molecule has 0 fully saturated rings. The van der Waals surface area contributed by atoms with Crippen LogP contribution in [0.4, 0.5) is 0 Å². The van der Waals surface area contributed by atoms with E-state index in [0.29, 0.717) is 20.6 Å². The van der Waals surface area contributed by atoms with Gasteiger partial charge in [0.1, 0.15) is 6.61 Å². The van der Waals surface area contributed by atoms with Crippen molar-refractivity contribution in [3.8, 4) is 0 Å². The summed E-state index contributed by atoms with van der Waals surface area (Å²) in [6, 6.07) is 12.1. The van der Waals surface area contributed by atoms with E-state index in [-0.39, 0.29) is 19.0 Å². The van der Waals surface area contributed by atoms with Crippen molar-refractivity contribution in [1.82, 2.24) is 0 Å². The van der Waals surface area contributed by atoms with Crippen molar-refractivity contribution >= 4 is 40.6 Å². The molecule has 0 atom stereocenters. The molecule has 0 amide bonds. The molecule has 0 N–H and O–H groups in total. The summed E-state index contributed by atoms with van der Waals surface area (Å²) in [5.41, 5.74) is 1.24. The molecule has 0 aliphatic heterocycles. The van der Waals surface area contributed by atoms with Gasteiger partial charge in [-0.1, -0.05) is 53.0 Å². The van der Waals surface area contributed by atoms with Crippen molar-refractivity contribution in [2.45, 2.75) is 6.61 Å². The van der Waals surface area contributed by atoms with Gasteiger partial charge < -0.3 is 4.74 Å². The van der Waals surface area contributed by atoms with Crippen molar-refractivity contribution in [2.24, 2.45) is 0 Å². The van der Waals surface area contributed by atoms with Crippen LogP contribution in [0.3, 0.4) is 0 Å². The Kier molecular flexibility index (Phi) is 5.44. The van der Waals surface area contributed by atoms with Crippen LogP contribution >= 0.6 is 34.8 Å². The molecule has 0 aliphatic carbocycles. The van der Waals surface area contributed by atoms with Crippen molar-refractivity contribution in [1.29, 1.82) is 0 Å². The Morgan fingerprint density at radius 3 is 2.45 bits per heavy atom. The second-order valence-electron chi connectivity index (χ2n) is 4.13. The fraction of sp³-hybridized carbons (Fsp3) is 0.133. The monoisotopic (exact) mass is 328 g/mol. The number of hydrogen-bond acceptors (Lipinski definition) is 2. The standard InChI is InChI=1S/C15H11Cl3O2/c16-11-5-6-12(14(18)7-11)15(19)9-20-8-10-3-1-2-4-13(10)17/h1-7H,8-9H2. The van der Waals surface area contributed by atoms with Gasteiger partial charge in [0, 0.05) is 15.6 Å². The molecular formula is C15H11Cl3O2. The summed E-state index contributed by atoms with van der Waals surface area (Å²) in [5.74, 6) is -0.196. The minimum atomic E-state index is -0.196. The van der Waals surface area contributed by atoms with Gasteiger partial charge in [-0.3, -0.25) is 4.79 Å². The molecule has 0 aliphatic rings. The minimum Gasteiger partial charge on any atom is -0.369 e. The maximum atomic E-state index is 12.0. The van der Waals surface area contributed by atoms with E-state index in [1.165, 1.54) is 6.07 Å². The van der Waals surface area contributed by atoms with Crippen LogP contribution in [-0.4, -0.2) is 12.4 Å². The van der Waals surface area contributed by atoms with Gasteiger partial charge >= 0.3 is 0 Å². The number of benzene rings is 2. The third kappa shape index (κ3) is 3.97. The topological polar surface area (TPSA) is 26.3 Å². The zero-order chi connectivity index (χ0) is 14.5. The largest absolute Gasteiger partial charge is 0.369 e. The molecule has 2 aromatic rings. The van der Waals surface area contributed by atoms with Crippen LogP contribution in [0.25, 0.3) is 0 Å². The van der Waals surface area contributed by atoms with Gasteiger partial charge in [0.25, 0.3) is 0 Å². The van der Waals surface area contributed by atoms with Crippen LogP contribution in [0.15, 0.2) is 42.5 Å². The highest BCUT2D eigenvalue weighted by molar-refractivity contribution is 6.36. The summed E-state index contributed by atoms with van der Waals surface area (Å²) in [4.78, 5) is 12.0. The summed E-state index contributed by atoms with van der Waals surface area (Å²) >= 11 is 17.7. The highest BCUT2D eigenvalue weighted by Gasteiger charge is 2.11. The Morgan fingerprint density at radius 2 is 1.75 bits per heavy atom. The van der Waals surface area contributed by atoms with Gasteiger partial charge in [0.15, 0.2) is 5.78 Å². The first-order valence-electron chi connectivity index (χ1n) is 5.87. The van der Waals surface area contributed by atoms with Gasteiger partial charge in [-0.2, -0.15) is 0 Å². The lowest BCUT2D eigenvalue weighted by Gasteiger charge is -2.07. The Labute approximate surface area is 132 Å². The van der Waals surface area contributed by atoms with Gasteiger partial charge in [-0.25, -0.2) is 0 Å². The average Bonchev–Trinajstić information content (AvgIpc) is 2.40. The van der Waals surface area contributed by atoms with Gasteiger partial charge in [0.2, 0.25) is 0 Å². The van der Waals surface area contributed by atoms with Crippen molar-refractivity contribution in [3.05, 3.63) is 68.7 Å². The van der Waals surface area contributed by atoms with Crippen LogP contribution in [-0.2, 0) is 11.3 Å². The van der Waals surface area contributed by atoms with Crippen LogP contribution < -0.4 is 0 Å². The number of halogens is 3. The molecule has 0 unspecified atom stereocenters. The number of Topliss-reactive ketones (excluding diaryl/α,β-unsaturated/α-hetero) is 1. The van der Waals surface area contributed by atoms with Crippen LogP contribution in [0.2, 0.25) is 15.1 Å². The third-order valence-electron chi connectivity index (χ3n) is 2.68. The van der Waals surface area contributed by atoms with E-state index in [9.17, 15) is 4.79 Å². The number of ether oxygens (including phenoxy) is 1. The van der Waals surface area contributed by atoms with Gasteiger partial charge in [-0.15, -0.1) is 0 Å². The first-order chi connectivity index (χ1) is 9.58. The Morgan fingerprint density at radius 1 is 1.00 bits per heavy atom. The maximum absolute atomic E-state index is 12.0. The quantitative estimate of drug-likeness (QED) is 0.718. The lowest BCUT2D eigenvalue weighted by molar-refractivity contribution is 0.0727. The average molecular weight is 330 g/mol. The maximum Gasteiger partial charge on any atom is 0.189 e. The van der Waals surface area contributed by atoms with Crippen molar-refractivity contribution < 1.29 is 9.53 Å². The summed E-state index contributed by atoms with van der Waals surface area (Å²) in [7, 11) is 0. The zero-order valence-corrected chi connectivity index (χ0v) is 12.7. The number of carbonyl (C=O) groups is 1. The third-order valence-corrected chi connectivity index (χ3v) is 3.60. The molecule has 2 rings (SSSR count). The molecule has 2 nitrogen and oxygen atoms in total. The lowest BCUT2D eigenvalue weighted by Crippen LogP contribution is -2.09. The molecular weight excluding hydrogens is 319 g/mol. The second kappa shape index (κ2) is 7.09. The zero-order valence-electron chi connectivity index (χ0n) is 10.4. The molecule has 0 heterocycles. The van der Waals surface area contributed by atoms with Gasteiger partial charge in [0.05, 0.1) is 11.6 Å². The van der Waals surface area contributed by atoms with E-state index < -0.39 is 0 Å². The highest BCUT2D eigenvalue weighted by Crippen LogP contribution is 2.22. The predicted molar refractivity (Wildman–Crippen MR) is 81.9 cm³/mol. The van der Waals surface area contributed by atoms with Crippen LogP contribution in [0.1, 0.15) is 15.9 Å². The summed E-state index contributed by atoms with van der Waals surface area (Å²) in [6.07, 6.45) is 0. The molecule has 0 bridgehead atoms. The Hall–Kier alpha value is -1.06. The molecule has 0 spiro atoms. The lowest BCUT2D eigenvalue weighted by atomic mass is 10.1. The summed E-state index contributed by atoms with van der Waals surface area (Å²) in [5, 5.41) is 1.43. The summed E-state index contributed by atoms with van der Waals surface area (Å²) < 4.78 is 5.38. The Bertz CT molecular complexity index is 626. The normalized spacial score (nSPS) is 10.6. The molecule has 104 valence electrons. The molecule has 0 saturated carbocycles. The molecule has 5 heteroatoms. The second-order valence-corrected chi connectivity index (χ2v) is 5.38. The number of carbonyl (C=O) groups excluding carboxylic acids is 1. The molecule has 0 saturated heterocycles. The predicted octanol–water partition coefficient (Wildman–Crippen LogP) is 5.05. The Balaban J connectivity index is 1.94. The van der Waals surface area contributed by atoms with E-state index in [2.05, 4.69) is 0 Å². The van der Waals surface area contributed by atoms with Gasteiger partial charge in [-0.05, 0) is 29.8 Å². The van der Waals surface area contributed by atoms with E-state index >= 15 is 0 Å². The van der Waals surface area contributed by atoms with E-state index in [4.69, 9.17) is 39.5 Å². The smallest absolute Gasteiger partial charge is 0.189 e. The molecule has 2 aromatic carbocycles. The van der Waals surface area contributed by atoms with Crippen molar-refractivity contribution in [2.75, 3.05) is 6.61 Å². The van der Waals surface area contributed by atoms with E-state index in [1.54, 1.807) is 18.2 Å². The molecule has 0 radical (unpaired) electrons. The fourth-order valence-corrected chi connectivity index (χ4v) is 2.37. The number of hydrogen-bond donors (Lipinski definition) is 0. The first-order valence-corrected chi connectivity index (χ1v) is 7.00. The summed E-state index contributed by atoms with van der Waals surface area (Å²) in [6.45, 7) is 0.212. The SMILES string of the molecule is O=C(COCc1ccccc1Cl)c1ccc(Cl)cc1Cl. The van der Waals surface area contributed by atoms with E-state index in [1.807, 2.05) is 18.2 Å². The van der Waals surface area contributed by atoms with Crippen LogP contribution in [0.5, 0.6) is 0 Å². The number of ketones is 1.